The molecule has 1 amide bonds. The monoisotopic (exact) mass is 373 g/mol. The summed E-state index contributed by atoms with van der Waals surface area (Å²) < 4.78 is 5.70. The van der Waals surface area contributed by atoms with Gasteiger partial charge in [-0.2, -0.15) is 0 Å². The van der Waals surface area contributed by atoms with Gasteiger partial charge in [-0.05, 0) is 74.2 Å². The topological polar surface area (TPSA) is 86.5 Å². The van der Waals surface area contributed by atoms with Gasteiger partial charge in [-0.25, -0.2) is 0 Å². The van der Waals surface area contributed by atoms with E-state index in [4.69, 9.17) is 10.5 Å². The van der Waals surface area contributed by atoms with Gasteiger partial charge in [0.05, 0.1) is 0 Å². The standard InChI is InChI=1S/C22H31NO4/c1-12(24)27-19-7-6-16-14-5-4-13-10-18(25)15(20(23)26)11-22(13,3)17(14)8-9-21(16,19)2/h10,14-17,19H,4-9,11H2,1-3H3,(H2,23,26)/t14?,15?,16?,17?,19-,21-,22-/m0/s1. The van der Waals surface area contributed by atoms with Crippen LogP contribution in [0.15, 0.2) is 11.6 Å². The molecule has 0 aliphatic heterocycles. The van der Waals surface area contributed by atoms with Crippen LogP contribution < -0.4 is 5.73 Å². The molecule has 0 aromatic rings. The van der Waals surface area contributed by atoms with Crippen LogP contribution in [0, 0.1) is 34.5 Å². The number of carbonyl (C=O) groups is 3. The van der Waals surface area contributed by atoms with Crippen LogP contribution in [0.2, 0.25) is 0 Å². The number of rotatable bonds is 2. The van der Waals surface area contributed by atoms with Crippen molar-refractivity contribution in [2.75, 3.05) is 0 Å². The Morgan fingerprint density at radius 3 is 2.56 bits per heavy atom. The number of carbonyl (C=O) groups excluding carboxylic acids is 3. The number of amides is 1. The third-order valence-electron chi connectivity index (χ3n) is 8.59. The van der Waals surface area contributed by atoms with Crippen LogP contribution in [-0.4, -0.2) is 23.8 Å². The summed E-state index contributed by atoms with van der Waals surface area (Å²) in [5.74, 6) is 0.126. The highest BCUT2D eigenvalue weighted by Crippen LogP contribution is 2.65. The molecule has 4 aliphatic rings. The summed E-state index contributed by atoms with van der Waals surface area (Å²) in [6, 6.07) is 0. The predicted octanol–water partition coefficient (Wildman–Crippen LogP) is 3.16. The van der Waals surface area contributed by atoms with Crippen molar-refractivity contribution in [2.45, 2.75) is 71.8 Å². The molecule has 0 aromatic carbocycles. The first kappa shape index (κ1) is 18.7. The molecule has 3 fully saturated rings. The molecule has 0 radical (unpaired) electrons. The lowest BCUT2D eigenvalue weighted by atomic mass is 9.46. The highest BCUT2D eigenvalue weighted by Gasteiger charge is 2.60. The second-order valence-electron chi connectivity index (χ2n) is 9.78. The average Bonchev–Trinajstić information content (AvgIpc) is 2.91. The van der Waals surface area contributed by atoms with E-state index in [1.165, 1.54) is 12.5 Å². The first-order valence-corrected chi connectivity index (χ1v) is 10.4. The van der Waals surface area contributed by atoms with Crippen molar-refractivity contribution in [1.29, 1.82) is 0 Å². The van der Waals surface area contributed by atoms with Gasteiger partial charge in [-0.3, -0.25) is 14.4 Å². The number of fused-ring (bicyclic) bond motifs is 5. The molecule has 4 unspecified atom stereocenters. The van der Waals surface area contributed by atoms with E-state index < -0.39 is 11.8 Å². The van der Waals surface area contributed by atoms with Gasteiger partial charge in [-0.1, -0.05) is 19.4 Å². The zero-order chi connectivity index (χ0) is 19.6. The minimum atomic E-state index is -0.678. The van der Waals surface area contributed by atoms with Crippen LogP contribution in [0.4, 0.5) is 0 Å². The zero-order valence-corrected chi connectivity index (χ0v) is 16.6. The smallest absolute Gasteiger partial charge is 0.302 e. The van der Waals surface area contributed by atoms with Gasteiger partial charge in [0.1, 0.15) is 12.0 Å². The Morgan fingerprint density at radius 2 is 1.89 bits per heavy atom. The lowest BCUT2D eigenvalue weighted by molar-refractivity contribution is -0.157. The van der Waals surface area contributed by atoms with Crippen molar-refractivity contribution < 1.29 is 19.1 Å². The molecule has 0 aromatic heterocycles. The summed E-state index contributed by atoms with van der Waals surface area (Å²) in [6.07, 6.45) is 8.49. The van der Waals surface area contributed by atoms with E-state index in [1.807, 2.05) is 0 Å². The summed E-state index contributed by atoms with van der Waals surface area (Å²) >= 11 is 0. The maximum absolute atomic E-state index is 12.3. The fourth-order valence-electron chi connectivity index (χ4n) is 7.23. The van der Waals surface area contributed by atoms with Crippen LogP contribution in [0.1, 0.15) is 65.7 Å². The summed E-state index contributed by atoms with van der Waals surface area (Å²) in [7, 11) is 0. The van der Waals surface area contributed by atoms with E-state index >= 15 is 0 Å². The van der Waals surface area contributed by atoms with Crippen molar-refractivity contribution in [3.05, 3.63) is 11.6 Å². The number of allylic oxidation sites excluding steroid dienone is 1. The molecule has 7 atom stereocenters. The van der Waals surface area contributed by atoms with Crippen LogP contribution in [0.25, 0.3) is 0 Å². The van der Waals surface area contributed by atoms with Crippen molar-refractivity contribution in [3.63, 3.8) is 0 Å². The van der Waals surface area contributed by atoms with Gasteiger partial charge in [0.15, 0.2) is 5.78 Å². The highest BCUT2D eigenvalue weighted by atomic mass is 16.5. The van der Waals surface area contributed by atoms with E-state index in [0.717, 1.165) is 38.5 Å². The molecule has 27 heavy (non-hydrogen) atoms. The molecule has 3 saturated carbocycles. The molecule has 5 heteroatoms. The number of ether oxygens (including phenoxy) is 1. The minimum absolute atomic E-state index is 0.0250. The third kappa shape index (κ3) is 2.68. The van der Waals surface area contributed by atoms with Gasteiger partial charge < -0.3 is 10.5 Å². The van der Waals surface area contributed by atoms with E-state index in [-0.39, 0.29) is 28.7 Å². The fraction of sp³-hybridized carbons (Fsp3) is 0.773. The van der Waals surface area contributed by atoms with Crippen LogP contribution in [-0.2, 0) is 19.1 Å². The highest BCUT2D eigenvalue weighted by molar-refractivity contribution is 6.07. The van der Waals surface area contributed by atoms with Gasteiger partial charge in [-0.15, -0.1) is 0 Å². The average molecular weight is 373 g/mol. The Labute approximate surface area is 161 Å². The van der Waals surface area contributed by atoms with Crippen molar-refractivity contribution in [1.82, 2.24) is 0 Å². The largest absolute Gasteiger partial charge is 0.462 e. The van der Waals surface area contributed by atoms with Crippen molar-refractivity contribution in [2.24, 2.45) is 40.2 Å². The molecule has 0 bridgehead atoms. The summed E-state index contributed by atoms with van der Waals surface area (Å²) in [4.78, 5) is 35.8. The molecule has 5 nitrogen and oxygen atoms in total. The number of hydrogen-bond donors (Lipinski definition) is 1. The van der Waals surface area contributed by atoms with E-state index in [9.17, 15) is 14.4 Å². The maximum atomic E-state index is 12.3. The minimum Gasteiger partial charge on any atom is -0.462 e. The SMILES string of the molecule is CC(=O)O[C@H]1CCC2C3CCC4=CC(=O)C(C(N)=O)C[C@]4(C)C3CC[C@@]21C. The molecule has 4 aliphatic carbocycles. The van der Waals surface area contributed by atoms with Gasteiger partial charge in [0.25, 0.3) is 0 Å². The van der Waals surface area contributed by atoms with E-state index in [1.54, 1.807) is 6.08 Å². The second kappa shape index (κ2) is 6.18. The Morgan fingerprint density at radius 1 is 1.15 bits per heavy atom. The zero-order valence-electron chi connectivity index (χ0n) is 16.6. The number of primary amides is 1. The predicted molar refractivity (Wildman–Crippen MR) is 100 cm³/mol. The molecule has 0 spiro atoms. The van der Waals surface area contributed by atoms with Crippen molar-refractivity contribution >= 4 is 17.7 Å². The summed E-state index contributed by atoms with van der Waals surface area (Å²) in [5, 5.41) is 0. The van der Waals surface area contributed by atoms with Gasteiger partial charge >= 0.3 is 5.97 Å². The first-order valence-electron chi connectivity index (χ1n) is 10.4. The normalized spacial score (nSPS) is 46.0. The fourth-order valence-corrected chi connectivity index (χ4v) is 7.23. The lowest BCUT2D eigenvalue weighted by Gasteiger charge is -2.58. The Bertz CT molecular complexity index is 728. The second-order valence-corrected chi connectivity index (χ2v) is 9.78. The number of nitrogens with two attached hydrogens (primary N) is 1. The van der Waals surface area contributed by atoms with Gasteiger partial charge in [0.2, 0.25) is 5.91 Å². The van der Waals surface area contributed by atoms with Crippen LogP contribution in [0.3, 0.4) is 0 Å². The quantitative estimate of drug-likeness (QED) is 0.595. The van der Waals surface area contributed by atoms with Crippen LogP contribution in [0.5, 0.6) is 0 Å². The van der Waals surface area contributed by atoms with E-state index in [0.29, 0.717) is 24.2 Å². The maximum Gasteiger partial charge on any atom is 0.302 e. The van der Waals surface area contributed by atoms with E-state index in [2.05, 4.69) is 13.8 Å². The molecule has 0 saturated heterocycles. The van der Waals surface area contributed by atoms with Crippen LogP contribution >= 0.6 is 0 Å². The molecule has 0 heterocycles. The summed E-state index contributed by atoms with van der Waals surface area (Å²) in [5.41, 5.74) is 6.71. The molecular formula is C22H31NO4. The first-order chi connectivity index (χ1) is 12.7. The number of esters is 1. The Kier molecular flexibility index (Phi) is 4.28. The lowest BCUT2D eigenvalue weighted by Crippen LogP contribution is -2.53. The Balaban J connectivity index is 1.64. The molecular weight excluding hydrogens is 342 g/mol. The van der Waals surface area contributed by atoms with Gasteiger partial charge in [0, 0.05) is 12.3 Å². The molecule has 148 valence electrons. The molecule has 4 rings (SSSR count). The summed E-state index contributed by atoms with van der Waals surface area (Å²) in [6.45, 7) is 6.06. The third-order valence-corrected chi connectivity index (χ3v) is 8.59. The molecule has 2 N–H and O–H groups in total. The van der Waals surface area contributed by atoms with Crippen molar-refractivity contribution in [3.8, 4) is 0 Å². The Hall–Kier alpha value is -1.65. The number of hydrogen-bond acceptors (Lipinski definition) is 4. The number of ketones is 1.